The Labute approximate surface area is 151 Å². The molecular weight excluding hydrogens is 369 g/mol. The SMILES string of the molecule is O=C(Nc1ccccc1C(F)(F)F)N[C@H]1C[C@H]2C(=O)N[C@@H](CO)C(=O)N2C1. The van der Waals surface area contributed by atoms with Crippen molar-refractivity contribution in [1.29, 1.82) is 0 Å². The summed E-state index contributed by atoms with van der Waals surface area (Å²) in [6.07, 6.45) is -4.49. The molecule has 4 amide bonds. The molecule has 8 nitrogen and oxygen atoms in total. The van der Waals surface area contributed by atoms with E-state index in [4.69, 9.17) is 5.11 Å². The van der Waals surface area contributed by atoms with Crippen LogP contribution in [0.15, 0.2) is 24.3 Å². The summed E-state index contributed by atoms with van der Waals surface area (Å²) in [4.78, 5) is 37.5. The van der Waals surface area contributed by atoms with E-state index in [0.29, 0.717) is 0 Å². The Hall–Kier alpha value is -2.82. The summed E-state index contributed by atoms with van der Waals surface area (Å²) in [7, 11) is 0. The first-order valence-electron chi connectivity index (χ1n) is 8.16. The minimum absolute atomic E-state index is 0.0295. The van der Waals surface area contributed by atoms with Gasteiger partial charge in [0.05, 0.1) is 23.9 Å². The maximum atomic E-state index is 13.0. The second-order valence-corrected chi connectivity index (χ2v) is 6.32. The lowest BCUT2D eigenvalue weighted by molar-refractivity contribution is -0.148. The molecule has 2 fully saturated rings. The molecule has 0 radical (unpaired) electrons. The highest BCUT2D eigenvalue weighted by molar-refractivity contribution is 5.98. The number of para-hydroxylation sites is 1. The van der Waals surface area contributed by atoms with Gasteiger partial charge in [-0.2, -0.15) is 13.2 Å². The van der Waals surface area contributed by atoms with Crippen LogP contribution in [-0.4, -0.2) is 59.1 Å². The van der Waals surface area contributed by atoms with Crippen molar-refractivity contribution in [3.8, 4) is 0 Å². The van der Waals surface area contributed by atoms with E-state index in [-0.39, 0.29) is 13.0 Å². The van der Waals surface area contributed by atoms with Crippen LogP contribution in [0.2, 0.25) is 0 Å². The van der Waals surface area contributed by atoms with Gasteiger partial charge in [-0.25, -0.2) is 4.79 Å². The number of carbonyl (C=O) groups excluding carboxylic acids is 3. The lowest BCUT2D eigenvalue weighted by Gasteiger charge is -2.33. The van der Waals surface area contributed by atoms with Crippen LogP contribution in [0.3, 0.4) is 0 Å². The van der Waals surface area contributed by atoms with E-state index in [1.54, 1.807) is 0 Å². The van der Waals surface area contributed by atoms with Gasteiger partial charge < -0.3 is 26.0 Å². The molecule has 0 aliphatic carbocycles. The highest BCUT2D eigenvalue weighted by Crippen LogP contribution is 2.34. The van der Waals surface area contributed by atoms with E-state index < -0.39 is 60.0 Å². The number of halogens is 3. The molecular formula is C16H17F3N4O4. The fraction of sp³-hybridized carbons (Fsp3) is 0.438. The van der Waals surface area contributed by atoms with Crippen molar-refractivity contribution >= 4 is 23.5 Å². The number of carbonyl (C=O) groups is 3. The van der Waals surface area contributed by atoms with E-state index >= 15 is 0 Å². The third-order valence-electron chi connectivity index (χ3n) is 4.50. The molecule has 2 aliphatic rings. The summed E-state index contributed by atoms with van der Waals surface area (Å²) >= 11 is 0. The number of rotatable bonds is 3. The lowest BCUT2D eigenvalue weighted by Crippen LogP contribution is -2.62. The molecule has 1 aromatic rings. The number of urea groups is 1. The Kier molecular flexibility index (Phi) is 4.96. The van der Waals surface area contributed by atoms with Crippen molar-refractivity contribution < 1.29 is 32.7 Å². The first-order chi connectivity index (χ1) is 12.7. The molecule has 2 aliphatic heterocycles. The van der Waals surface area contributed by atoms with E-state index in [1.807, 2.05) is 0 Å². The number of benzene rings is 1. The van der Waals surface area contributed by atoms with Crippen molar-refractivity contribution in [2.45, 2.75) is 30.7 Å². The first kappa shape index (κ1) is 19.0. The average Bonchev–Trinajstić information content (AvgIpc) is 3.02. The topological polar surface area (TPSA) is 111 Å². The van der Waals surface area contributed by atoms with Gasteiger partial charge in [-0.05, 0) is 18.6 Å². The largest absolute Gasteiger partial charge is 0.418 e. The van der Waals surface area contributed by atoms with Crippen LogP contribution >= 0.6 is 0 Å². The standard InChI is InChI=1S/C16H17F3N4O4/c17-16(18,19)9-3-1-2-4-10(9)22-15(27)20-8-5-12-13(25)21-11(7-24)14(26)23(12)6-8/h1-4,8,11-12,24H,5-7H2,(H,21,25)(H2,20,22,27)/t8-,11-,12-/m0/s1. The number of fused-ring (bicyclic) bond motifs is 1. The molecule has 0 aromatic heterocycles. The zero-order valence-corrected chi connectivity index (χ0v) is 13.9. The Morgan fingerprint density at radius 1 is 1.30 bits per heavy atom. The molecule has 0 bridgehead atoms. The van der Waals surface area contributed by atoms with Gasteiger partial charge >= 0.3 is 12.2 Å². The van der Waals surface area contributed by atoms with Gasteiger partial charge in [-0.15, -0.1) is 0 Å². The predicted octanol–water partition coefficient (Wildman–Crippen LogP) is 0.287. The van der Waals surface area contributed by atoms with Crippen molar-refractivity contribution in [2.24, 2.45) is 0 Å². The number of alkyl halides is 3. The summed E-state index contributed by atoms with van der Waals surface area (Å²) in [5.41, 5.74) is -1.38. The zero-order chi connectivity index (χ0) is 19.8. The second kappa shape index (κ2) is 7.06. The third kappa shape index (κ3) is 3.82. The third-order valence-corrected chi connectivity index (χ3v) is 4.50. The molecule has 2 heterocycles. The number of nitrogens with one attached hydrogen (secondary N) is 3. The minimum Gasteiger partial charge on any atom is -0.394 e. The van der Waals surface area contributed by atoms with Crippen molar-refractivity contribution in [1.82, 2.24) is 15.5 Å². The van der Waals surface area contributed by atoms with Crippen LogP contribution in [-0.2, 0) is 15.8 Å². The van der Waals surface area contributed by atoms with E-state index in [2.05, 4.69) is 16.0 Å². The molecule has 11 heteroatoms. The van der Waals surface area contributed by atoms with Crippen LogP contribution in [0.4, 0.5) is 23.7 Å². The fourth-order valence-corrected chi connectivity index (χ4v) is 3.27. The summed E-state index contributed by atoms with van der Waals surface area (Å²) in [6.45, 7) is -0.512. The Morgan fingerprint density at radius 3 is 2.67 bits per heavy atom. The van der Waals surface area contributed by atoms with Gasteiger partial charge in [0.25, 0.3) is 0 Å². The molecule has 146 valence electrons. The smallest absolute Gasteiger partial charge is 0.394 e. The maximum Gasteiger partial charge on any atom is 0.418 e. The van der Waals surface area contributed by atoms with Crippen molar-refractivity contribution in [3.63, 3.8) is 0 Å². The summed E-state index contributed by atoms with van der Waals surface area (Å²) in [6, 6.07) is 1.25. The monoisotopic (exact) mass is 386 g/mol. The second-order valence-electron chi connectivity index (χ2n) is 6.32. The van der Waals surface area contributed by atoms with Crippen LogP contribution in [0.5, 0.6) is 0 Å². The fourth-order valence-electron chi connectivity index (χ4n) is 3.27. The average molecular weight is 386 g/mol. The molecule has 0 spiro atoms. The number of piperazine rings is 1. The lowest BCUT2D eigenvalue weighted by atomic mass is 10.1. The van der Waals surface area contributed by atoms with E-state index in [1.165, 1.54) is 17.0 Å². The van der Waals surface area contributed by atoms with Crippen molar-refractivity contribution in [2.75, 3.05) is 18.5 Å². The summed E-state index contributed by atoms with van der Waals surface area (Å²) < 4.78 is 38.9. The predicted molar refractivity (Wildman–Crippen MR) is 86.5 cm³/mol. The molecule has 27 heavy (non-hydrogen) atoms. The molecule has 3 rings (SSSR count). The van der Waals surface area contributed by atoms with Crippen LogP contribution in [0, 0.1) is 0 Å². The highest BCUT2D eigenvalue weighted by Gasteiger charge is 2.46. The van der Waals surface area contributed by atoms with Gasteiger partial charge in [-0.1, -0.05) is 12.1 Å². The van der Waals surface area contributed by atoms with E-state index in [9.17, 15) is 27.6 Å². The zero-order valence-electron chi connectivity index (χ0n) is 13.9. The number of amides is 4. The number of aliphatic hydroxyl groups excluding tert-OH is 1. The first-order valence-corrected chi connectivity index (χ1v) is 8.16. The molecule has 4 N–H and O–H groups in total. The number of nitrogens with zero attached hydrogens (tertiary/aromatic N) is 1. The summed E-state index contributed by atoms with van der Waals surface area (Å²) in [5.74, 6) is -0.907. The molecule has 1 aromatic carbocycles. The molecule has 2 saturated heterocycles. The van der Waals surface area contributed by atoms with E-state index in [0.717, 1.165) is 12.1 Å². The highest BCUT2D eigenvalue weighted by atomic mass is 19.4. The minimum atomic E-state index is -4.62. The van der Waals surface area contributed by atoms with Crippen LogP contribution in [0.1, 0.15) is 12.0 Å². The van der Waals surface area contributed by atoms with Crippen LogP contribution < -0.4 is 16.0 Å². The normalized spacial score (nSPS) is 25.0. The number of aliphatic hydroxyl groups is 1. The molecule has 3 atom stereocenters. The summed E-state index contributed by atoms with van der Waals surface area (Å²) in [5, 5.41) is 16.2. The number of hydrogen-bond donors (Lipinski definition) is 4. The van der Waals surface area contributed by atoms with Crippen molar-refractivity contribution in [3.05, 3.63) is 29.8 Å². The van der Waals surface area contributed by atoms with Gasteiger partial charge in [-0.3, -0.25) is 9.59 Å². The van der Waals surface area contributed by atoms with Gasteiger partial charge in [0, 0.05) is 6.54 Å². The Morgan fingerprint density at radius 2 is 2.00 bits per heavy atom. The van der Waals surface area contributed by atoms with Gasteiger partial charge in [0.1, 0.15) is 12.1 Å². The maximum absolute atomic E-state index is 13.0. The quantitative estimate of drug-likeness (QED) is 0.598. The number of hydrogen-bond acceptors (Lipinski definition) is 4. The number of anilines is 1. The Bertz CT molecular complexity index is 770. The van der Waals surface area contributed by atoms with Gasteiger partial charge in [0.2, 0.25) is 11.8 Å². The van der Waals surface area contributed by atoms with Crippen LogP contribution in [0.25, 0.3) is 0 Å². The van der Waals surface area contributed by atoms with Gasteiger partial charge in [0.15, 0.2) is 0 Å². The Balaban J connectivity index is 1.65. The molecule has 0 saturated carbocycles. The molecule has 0 unspecified atom stereocenters.